The third-order valence-corrected chi connectivity index (χ3v) is 3.97. The van der Waals surface area contributed by atoms with E-state index in [1.165, 1.54) is 6.33 Å². The first-order valence-corrected chi connectivity index (χ1v) is 8.24. The third-order valence-electron chi connectivity index (χ3n) is 3.64. The molecule has 1 amide bonds. The molecular weight excluding hydrogens is 352 g/mol. The lowest BCUT2D eigenvalue weighted by Gasteiger charge is -2.11. The fourth-order valence-corrected chi connectivity index (χ4v) is 2.54. The molecule has 6 nitrogen and oxygen atoms in total. The number of aromatic nitrogens is 2. The second kappa shape index (κ2) is 7.84. The minimum atomic E-state index is -0.362. The van der Waals surface area contributed by atoms with E-state index in [4.69, 9.17) is 16.3 Å². The van der Waals surface area contributed by atoms with Gasteiger partial charge in [0.15, 0.2) is 0 Å². The Morgan fingerprint density at radius 3 is 2.65 bits per heavy atom. The quantitative estimate of drug-likeness (QED) is 0.696. The van der Waals surface area contributed by atoms with Gasteiger partial charge in [0.2, 0.25) is 0 Å². The lowest BCUT2D eigenvalue weighted by Crippen LogP contribution is -2.15. The molecule has 0 saturated heterocycles. The highest BCUT2D eigenvalue weighted by atomic mass is 35.5. The molecule has 3 aromatic rings. The molecular formula is C19H17ClN4O2. The number of halogens is 1. The highest BCUT2D eigenvalue weighted by Gasteiger charge is 2.13. The van der Waals surface area contributed by atoms with E-state index in [2.05, 4.69) is 20.6 Å². The molecule has 3 rings (SSSR count). The van der Waals surface area contributed by atoms with Crippen LogP contribution in [0, 0.1) is 6.92 Å². The average molecular weight is 369 g/mol. The zero-order valence-electron chi connectivity index (χ0n) is 14.3. The van der Waals surface area contributed by atoms with Gasteiger partial charge in [0.1, 0.15) is 23.6 Å². The van der Waals surface area contributed by atoms with Crippen LogP contribution in [0.2, 0.25) is 5.02 Å². The molecule has 1 heterocycles. The molecule has 2 N–H and O–H groups in total. The van der Waals surface area contributed by atoms with Crippen LogP contribution >= 0.6 is 11.6 Å². The summed E-state index contributed by atoms with van der Waals surface area (Å²) in [6, 6.07) is 14.4. The van der Waals surface area contributed by atoms with Crippen LogP contribution in [0.3, 0.4) is 0 Å². The second-order valence-corrected chi connectivity index (χ2v) is 5.96. The number of para-hydroxylation sites is 1. The Labute approximate surface area is 156 Å². The number of methoxy groups -OCH3 is 1. The number of nitrogens with one attached hydrogen (secondary N) is 2. The number of anilines is 3. The monoisotopic (exact) mass is 368 g/mol. The zero-order valence-corrected chi connectivity index (χ0v) is 15.0. The number of rotatable bonds is 5. The number of carbonyl (C=O) groups excluding carboxylic acids is 1. The summed E-state index contributed by atoms with van der Waals surface area (Å²) in [5.74, 6) is 0.681. The molecule has 0 bridgehead atoms. The van der Waals surface area contributed by atoms with Crippen LogP contribution < -0.4 is 15.4 Å². The molecule has 0 aliphatic carbocycles. The normalized spacial score (nSPS) is 10.3. The Hall–Kier alpha value is -3.12. The van der Waals surface area contributed by atoms with Crippen LogP contribution in [0.4, 0.5) is 17.2 Å². The minimum absolute atomic E-state index is 0.220. The van der Waals surface area contributed by atoms with Crippen molar-refractivity contribution in [2.75, 3.05) is 17.7 Å². The topological polar surface area (TPSA) is 76.1 Å². The van der Waals surface area contributed by atoms with Gasteiger partial charge >= 0.3 is 0 Å². The van der Waals surface area contributed by atoms with Crippen molar-refractivity contribution in [3.63, 3.8) is 0 Å². The first-order valence-electron chi connectivity index (χ1n) is 7.86. The maximum Gasteiger partial charge on any atom is 0.274 e. The summed E-state index contributed by atoms with van der Waals surface area (Å²) in [6.45, 7) is 1.94. The predicted molar refractivity (Wildman–Crippen MR) is 102 cm³/mol. The summed E-state index contributed by atoms with van der Waals surface area (Å²) in [7, 11) is 1.55. The Balaban J connectivity index is 1.81. The Morgan fingerprint density at radius 2 is 1.88 bits per heavy atom. The van der Waals surface area contributed by atoms with Gasteiger partial charge in [-0.2, -0.15) is 0 Å². The standard InChI is InChI=1S/C19H17ClN4O2/c1-12-7-8-17(26-2)15(9-12)24-19(25)16-10-18(22-11-21-16)23-14-6-4-3-5-13(14)20/h3-11H,1-2H3,(H,24,25)(H,21,22,23). The average Bonchev–Trinajstić information content (AvgIpc) is 2.64. The van der Waals surface area contributed by atoms with Crippen LogP contribution in [0.5, 0.6) is 5.75 Å². The van der Waals surface area contributed by atoms with Crippen molar-refractivity contribution in [3.8, 4) is 5.75 Å². The number of nitrogens with zero attached hydrogens (tertiary/aromatic N) is 2. The molecule has 7 heteroatoms. The largest absolute Gasteiger partial charge is 0.495 e. The summed E-state index contributed by atoms with van der Waals surface area (Å²) in [5.41, 5.74) is 2.50. The number of amides is 1. The SMILES string of the molecule is COc1ccc(C)cc1NC(=O)c1cc(Nc2ccccc2Cl)ncn1. The molecule has 2 aromatic carbocycles. The maximum atomic E-state index is 12.6. The molecule has 0 atom stereocenters. The van der Waals surface area contributed by atoms with Gasteiger partial charge in [-0.3, -0.25) is 4.79 Å². The van der Waals surface area contributed by atoms with Crippen molar-refractivity contribution in [2.45, 2.75) is 6.92 Å². The number of hydrogen-bond acceptors (Lipinski definition) is 5. The number of benzene rings is 2. The minimum Gasteiger partial charge on any atom is -0.495 e. The lowest BCUT2D eigenvalue weighted by atomic mass is 10.2. The molecule has 0 aliphatic rings. The van der Waals surface area contributed by atoms with Crippen molar-refractivity contribution < 1.29 is 9.53 Å². The van der Waals surface area contributed by atoms with Crippen LogP contribution in [0.25, 0.3) is 0 Å². The summed E-state index contributed by atoms with van der Waals surface area (Å²) < 4.78 is 5.28. The number of hydrogen-bond donors (Lipinski definition) is 2. The van der Waals surface area contributed by atoms with Crippen LogP contribution in [0.1, 0.15) is 16.1 Å². The van der Waals surface area contributed by atoms with E-state index in [1.807, 2.05) is 37.3 Å². The van der Waals surface area contributed by atoms with Gasteiger partial charge in [0, 0.05) is 6.07 Å². The number of ether oxygens (including phenoxy) is 1. The number of carbonyl (C=O) groups is 1. The highest BCUT2D eigenvalue weighted by molar-refractivity contribution is 6.33. The molecule has 0 saturated carbocycles. The smallest absolute Gasteiger partial charge is 0.274 e. The summed E-state index contributed by atoms with van der Waals surface area (Å²) in [4.78, 5) is 20.7. The van der Waals surface area contributed by atoms with Crippen molar-refractivity contribution >= 4 is 34.7 Å². The Kier molecular flexibility index (Phi) is 5.34. The molecule has 132 valence electrons. The molecule has 0 unspecified atom stereocenters. The highest BCUT2D eigenvalue weighted by Crippen LogP contribution is 2.26. The Bertz CT molecular complexity index is 946. The fourth-order valence-electron chi connectivity index (χ4n) is 2.36. The maximum absolute atomic E-state index is 12.6. The van der Waals surface area contributed by atoms with Crippen LogP contribution in [-0.4, -0.2) is 23.0 Å². The van der Waals surface area contributed by atoms with E-state index in [0.717, 1.165) is 5.56 Å². The van der Waals surface area contributed by atoms with Gasteiger partial charge in [-0.1, -0.05) is 29.8 Å². The van der Waals surface area contributed by atoms with Gasteiger partial charge in [-0.05, 0) is 36.8 Å². The van der Waals surface area contributed by atoms with E-state index in [0.29, 0.717) is 28.0 Å². The van der Waals surface area contributed by atoms with Gasteiger partial charge in [-0.15, -0.1) is 0 Å². The van der Waals surface area contributed by atoms with E-state index in [-0.39, 0.29) is 11.6 Å². The van der Waals surface area contributed by atoms with E-state index in [1.54, 1.807) is 25.3 Å². The van der Waals surface area contributed by atoms with Gasteiger partial charge < -0.3 is 15.4 Å². The second-order valence-electron chi connectivity index (χ2n) is 5.55. The molecule has 1 aromatic heterocycles. The van der Waals surface area contributed by atoms with Crippen LogP contribution in [0.15, 0.2) is 54.9 Å². The summed E-state index contributed by atoms with van der Waals surface area (Å²) in [6.07, 6.45) is 1.32. The van der Waals surface area contributed by atoms with E-state index >= 15 is 0 Å². The fraction of sp³-hybridized carbons (Fsp3) is 0.105. The van der Waals surface area contributed by atoms with E-state index in [9.17, 15) is 4.79 Å². The van der Waals surface area contributed by atoms with E-state index < -0.39 is 0 Å². The van der Waals surface area contributed by atoms with Gasteiger partial charge in [0.25, 0.3) is 5.91 Å². The zero-order chi connectivity index (χ0) is 18.5. The van der Waals surface area contributed by atoms with Crippen LogP contribution in [-0.2, 0) is 0 Å². The van der Waals surface area contributed by atoms with Crippen molar-refractivity contribution in [2.24, 2.45) is 0 Å². The molecule has 0 fully saturated rings. The lowest BCUT2D eigenvalue weighted by molar-refractivity contribution is 0.102. The predicted octanol–water partition coefficient (Wildman–Crippen LogP) is 4.44. The molecule has 0 radical (unpaired) electrons. The molecule has 26 heavy (non-hydrogen) atoms. The molecule has 0 spiro atoms. The molecule has 0 aliphatic heterocycles. The third kappa shape index (κ3) is 4.10. The first kappa shape index (κ1) is 17.7. The van der Waals surface area contributed by atoms with Crippen molar-refractivity contribution in [1.29, 1.82) is 0 Å². The van der Waals surface area contributed by atoms with Gasteiger partial charge in [0.05, 0.1) is 23.5 Å². The summed E-state index contributed by atoms with van der Waals surface area (Å²) >= 11 is 6.13. The van der Waals surface area contributed by atoms with Gasteiger partial charge in [-0.25, -0.2) is 9.97 Å². The Morgan fingerprint density at radius 1 is 1.08 bits per heavy atom. The summed E-state index contributed by atoms with van der Waals surface area (Å²) in [5, 5.41) is 6.45. The van der Waals surface area contributed by atoms with Crippen molar-refractivity contribution in [1.82, 2.24) is 9.97 Å². The first-order chi connectivity index (χ1) is 12.6. The number of aryl methyl sites for hydroxylation is 1. The van der Waals surface area contributed by atoms with Crippen molar-refractivity contribution in [3.05, 3.63) is 71.1 Å².